The van der Waals surface area contributed by atoms with Gasteiger partial charge < -0.3 is 20.7 Å². The first-order valence-corrected chi connectivity index (χ1v) is 8.14. The van der Waals surface area contributed by atoms with Crippen LogP contribution in [0.5, 0.6) is 5.75 Å². The monoisotopic (exact) mass is 363 g/mol. The fourth-order valence-electron chi connectivity index (χ4n) is 3.96. The number of carbonyl (C=O) groups excluding carboxylic acids is 1. The van der Waals surface area contributed by atoms with Crippen molar-refractivity contribution in [2.45, 2.75) is 6.04 Å². The molecular weight excluding hydrogens is 342 g/mol. The Morgan fingerprint density at radius 2 is 2.08 bits per heavy atom. The number of aromatic amines is 1. The molecule has 2 aliphatic rings. The van der Waals surface area contributed by atoms with E-state index in [4.69, 9.17) is 10.5 Å². The Morgan fingerprint density at radius 1 is 1.32 bits per heavy atom. The molecule has 0 unspecified atom stereocenters. The summed E-state index contributed by atoms with van der Waals surface area (Å²) >= 11 is 0. The van der Waals surface area contributed by atoms with E-state index in [0.29, 0.717) is 23.3 Å². The number of fused-ring (bicyclic) bond motifs is 1. The minimum Gasteiger partial charge on any atom is -0.497 e. The number of H-pyrrole nitrogens is 1. The topological polar surface area (TPSA) is 96.3 Å². The van der Waals surface area contributed by atoms with E-state index in [1.54, 1.807) is 13.2 Å². The third kappa shape index (κ3) is 3.05. The smallest absolute Gasteiger partial charge is 0.272 e. The lowest BCUT2D eigenvalue weighted by Crippen LogP contribution is -2.34. The summed E-state index contributed by atoms with van der Waals surface area (Å²) in [7, 11) is 1.65. The Hall–Kier alpha value is -2.25. The van der Waals surface area contributed by atoms with E-state index in [9.17, 15) is 4.79 Å². The molecule has 0 aliphatic carbocycles. The quantitative estimate of drug-likeness (QED) is 0.767. The van der Waals surface area contributed by atoms with Crippen LogP contribution in [0.2, 0.25) is 0 Å². The van der Waals surface area contributed by atoms with E-state index in [0.717, 1.165) is 30.9 Å². The summed E-state index contributed by atoms with van der Waals surface area (Å²) in [5.74, 6) is 2.00. The molecule has 3 atom stereocenters. The van der Waals surface area contributed by atoms with E-state index in [2.05, 4.69) is 15.5 Å². The van der Waals surface area contributed by atoms with Gasteiger partial charge in [-0.2, -0.15) is 5.10 Å². The highest BCUT2D eigenvalue weighted by atomic mass is 35.5. The van der Waals surface area contributed by atoms with Crippen molar-refractivity contribution in [1.82, 2.24) is 20.4 Å². The van der Waals surface area contributed by atoms with Crippen molar-refractivity contribution in [3.63, 3.8) is 0 Å². The van der Waals surface area contributed by atoms with E-state index in [1.165, 1.54) is 0 Å². The molecule has 0 radical (unpaired) electrons. The lowest BCUT2D eigenvalue weighted by atomic mass is 9.89. The van der Waals surface area contributed by atoms with Gasteiger partial charge in [0, 0.05) is 31.6 Å². The number of hydrogen-bond acceptors (Lipinski definition) is 5. The number of nitrogens with two attached hydrogens (primary N) is 1. The first-order chi connectivity index (χ1) is 11.7. The van der Waals surface area contributed by atoms with Crippen molar-refractivity contribution in [1.29, 1.82) is 0 Å². The van der Waals surface area contributed by atoms with Gasteiger partial charge in [-0.15, -0.1) is 12.4 Å². The molecule has 2 aliphatic heterocycles. The summed E-state index contributed by atoms with van der Waals surface area (Å²) < 4.78 is 5.24. The minimum absolute atomic E-state index is 0. The molecule has 7 nitrogen and oxygen atoms in total. The summed E-state index contributed by atoms with van der Waals surface area (Å²) in [5, 5.41) is 10.1. The standard InChI is InChI=1S/C17H21N5O2.ClH/c1-24-12-4-2-10(3-5-12)16-13-8-19-7-11(13)9-22(16)17(23)14-6-15(18)21-20-14;/h2-6,11,13,16,19H,7-9H2,1H3,(H3,18,20,21);1H/t11-,13-,16+;/m0./s1. The Bertz CT molecular complexity index is 748. The third-order valence-electron chi connectivity index (χ3n) is 5.11. The van der Waals surface area contributed by atoms with Crippen molar-refractivity contribution in [3.8, 4) is 5.75 Å². The van der Waals surface area contributed by atoms with Gasteiger partial charge in [0.1, 0.15) is 17.3 Å². The zero-order valence-electron chi connectivity index (χ0n) is 13.9. The molecule has 1 aromatic heterocycles. The molecule has 0 bridgehead atoms. The van der Waals surface area contributed by atoms with Crippen molar-refractivity contribution in [2.75, 3.05) is 32.5 Å². The highest BCUT2D eigenvalue weighted by molar-refractivity contribution is 5.93. The van der Waals surface area contributed by atoms with Crippen LogP contribution < -0.4 is 15.8 Å². The second kappa shape index (κ2) is 6.93. The average Bonchev–Trinajstić information content (AvgIpc) is 3.29. The highest BCUT2D eigenvalue weighted by Gasteiger charge is 2.47. The van der Waals surface area contributed by atoms with Gasteiger partial charge in [-0.1, -0.05) is 12.1 Å². The first-order valence-electron chi connectivity index (χ1n) is 8.14. The number of nitrogen functional groups attached to an aromatic ring is 1. The average molecular weight is 364 g/mol. The van der Waals surface area contributed by atoms with Crippen LogP contribution in [0.25, 0.3) is 0 Å². The van der Waals surface area contributed by atoms with E-state index in [1.807, 2.05) is 29.2 Å². The summed E-state index contributed by atoms with van der Waals surface area (Å²) in [6.07, 6.45) is 0. The molecule has 1 amide bonds. The number of likely N-dealkylation sites (tertiary alicyclic amines) is 1. The minimum atomic E-state index is -0.0468. The molecule has 0 saturated carbocycles. The van der Waals surface area contributed by atoms with Gasteiger partial charge in [-0.3, -0.25) is 9.89 Å². The largest absolute Gasteiger partial charge is 0.497 e. The fourth-order valence-corrected chi connectivity index (χ4v) is 3.96. The lowest BCUT2D eigenvalue weighted by molar-refractivity contribution is 0.0708. The third-order valence-corrected chi connectivity index (χ3v) is 5.11. The maximum Gasteiger partial charge on any atom is 0.272 e. The number of aromatic nitrogens is 2. The number of hydrogen-bond donors (Lipinski definition) is 3. The van der Waals surface area contributed by atoms with Gasteiger partial charge in [0.25, 0.3) is 5.91 Å². The van der Waals surface area contributed by atoms with Gasteiger partial charge >= 0.3 is 0 Å². The molecule has 2 aromatic rings. The number of rotatable bonds is 3. The fraction of sp³-hybridized carbons (Fsp3) is 0.412. The van der Waals surface area contributed by atoms with Gasteiger partial charge in [0.05, 0.1) is 13.2 Å². The Morgan fingerprint density at radius 3 is 2.72 bits per heavy atom. The summed E-state index contributed by atoms with van der Waals surface area (Å²) in [6, 6.07) is 9.63. The van der Waals surface area contributed by atoms with E-state index in [-0.39, 0.29) is 24.4 Å². The molecule has 134 valence electrons. The SMILES string of the molecule is COc1ccc([C@@H]2[C@H]3CNC[C@H]3CN2C(=O)c2cc(N)n[nH]2)cc1.Cl. The number of benzene rings is 1. The summed E-state index contributed by atoms with van der Waals surface area (Å²) in [5.41, 5.74) is 7.22. The Balaban J connectivity index is 0.00000182. The maximum absolute atomic E-state index is 13.0. The molecule has 8 heteroatoms. The van der Waals surface area contributed by atoms with Gasteiger partial charge in [-0.25, -0.2) is 0 Å². The second-order valence-corrected chi connectivity index (χ2v) is 6.46. The van der Waals surface area contributed by atoms with Gasteiger partial charge in [0.15, 0.2) is 0 Å². The molecule has 3 heterocycles. The number of anilines is 1. The number of ether oxygens (including phenoxy) is 1. The Labute approximate surface area is 152 Å². The first kappa shape index (κ1) is 17.6. The normalized spacial score (nSPS) is 24.7. The van der Waals surface area contributed by atoms with Crippen molar-refractivity contribution in [3.05, 3.63) is 41.6 Å². The number of amides is 1. The number of nitrogens with zero attached hydrogens (tertiary/aromatic N) is 2. The molecule has 4 N–H and O–H groups in total. The lowest BCUT2D eigenvalue weighted by Gasteiger charge is -2.28. The summed E-state index contributed by atoms with van der Waals surface area (Å²) in [6.45, 7) is 2.62. The molecule has 4 rings (SSSR count). The molecule has 0 spiro atoms. The van der Waals surface area contributed by atoms with E-state index >= 15 is 0 Å². The van der Waals surface area contributed by atoms with Crippen molar-refractivity contribution >= 4 is 24.1 Å². The van der Waals surface area contributed by atoms with Crippen LogP contribution in [0.1, 0.15) is 22.1 Å². The zero-order valence-corrected chi connectivity index (χ0v) is 14.8. The van der Waals surface area contributed by atoms with Crippen molar-refractivity contribution in [2.24, 2.45) is 11.8 Å². The number of halogens is 1. The summed E-state index contributed by atoms with van der Waals surface area (Å²) in [4.78, 5) is 14.9. The van der Waals surface area contributed by atoms with Crippen LogP contribution in [0, 0.1) is 11.8 Å². The molecule has 1 aromatic carbocycles. The number of nitrogens with one attached hydrogen (secondary N) is 2. The number of carbonyl (C=O) groups is 1. The zero-order chi connectivity index (χ0) is 16.7. The van der Waals surface area contributed by atoms with Crippen LogP contribution in [0.4, 0.5) is 5.82 Å². The molecule has 2 fully saturated rings. The van der Waals surface area contributed by atoms with Crippen LogP contribution in [0.15, 0.2) is 30.3 Å². The van der Waals surface area contributed by atoms with Crippen molar-refractivity contribution < 1.29 is 9.53 Å². The van der Waals surface area contributed by atoms with Crippen LogP contribution in [-0.2, 0) is 0 Å². The second-order valence-electron chi connectivity index (χ2n) is 6.46. The Kier molecular flexibility index (Phi) is 4.87. The predicted molar refractivity (Wildman–Crippen MR) is 96.9 cm³/mol. The van der Waals surface area contributed by atoms with Crippen LogP contribution in [-0.4, -0.2) is 47.7 Å². The van der Waals surface area contributed by atoms with E-state index < -0.39 is 0 Å². The molecule has 2 saturated heterocycles. The van der Waals surface area contributed by atoms with Gasteiger partial charge in [0.2, 0.25) is 0 Å². The number of methoxy groups -OCH3 is 1. The highest BCUT2D eigenvalue weighted by Crippen LogP contribution is 2.43. The molecular formula is C17H22ClN5O2. The van der Waals surface area contributed by atoms with Crippen LogP contribution >= 0.6 is 12.4 Å². The predicted octanol–water partition coefficient (Wildman–Crippen LogP) is 1.45. The maximum atomic E-state index is 13.0. The van der Waals surface area contributed by atoms with Crippen LogP contribution in [0.3, 0.4) is 0 Å². The molecule has 25 heavy (non-hydrogen) atoms. The van der Waals surface area contributed by atoms with Gasteiger partial charge in [-0.05, 0) is 23.6 Å².